The van der Waals surface area contributed by atoms with Crippen molar-refractivity contribution in [3.63, 3.8) is 0 Å². The van der Waals surface area contributed by atoms with E-state index in [0.717, 1.165) is 0 Å². The summed E-state index contributed by atoms with van der Waals surface area (Å²) in [7, 11) is 6.36. The maximum absolute atomic E-state index is 2.26. The lowest BCUT2D eigenvalue weighted by atomic mass is 9.93. The van der Waals surface area contributed by atoms with Gasteiger partial charge in [-0.15, -0.1) is 0 Å². The molecular weight excluding hydrogens is 196 g/mol. The smallest absolute Gasteiger partial charge is 0.0481 e. The van der Waals surface area contributed by atoms with Gasteiger partial charge in [-0.1, -0.05) is 18.2 Å². The van der Waals surface area contributed by atoms with Crippen LogP contribution in [0.3, 0.4) is 0 Å². The van der Waals surface area contributed by atoms with Crippen LogP contribution < -0.4 is 0 Å². The van der Waals surface area contributed by atoms with Gasteiger partial charge < -0.3 is 9.47 Å². The van der Waals surface area contributed by atoms with E-state index in [1.165, 1.54) is 16.5 Å². The van der Waals surface area contributed by atoms with E-state index in [9.17, 15) is 0 Å². The molecule has 1 heterocycles. The quantitative estimate of drug-likeness (QED) is 0.749. The Labute approximate surface area is 97.5 Å². The highest BCUT2D eigenvalue weighted by Crippen LogP contribution is 2.32. The molecule has 0 bridgehead atoms. The lowest BCUT2D eigenvalue weighted by Crippen LogP contribution is -2.35. The second kappa shape index (κ2) is 3.63. The third kappa shape index (κ3) is 1.54. The minimum atomic E-state index is 0.0564. The molecule has 0 saturated heterocycles. The second-order valence-electron chi connectivity index (χ2n) is 5.12. The fourth-order valence-electron chi connectivity index (χ4n) is 2.07. The molecule has 0 atom stereocenters. The number of para-hydroxylation sites is 1. The minimum absolute atomic E-state index is 0.0564. The number of rotatable bonds is 2. The minimum Gasteiger partial charge on any atom is -0.350 e. The third-order valence-corrected chi connectivity index (χ3v) is 3.67. The maximum Gasteiger partial charge on any atom is 0.0481 e. The molecule has 0 unspecified atom stereocenters. The van der Waals surface area contributed by atoms with Crippen LogP contribution in [-0.4, -0.2) is 23.6 Å². The zero-order chi connectivity index (χ0) is 11.9. The number of nitrogens with zero attached hydrogens (tertiary/aromatic N) is 2. The van der Waals surface area contributed by atoms with Crippen molar-refractivity contribution in [1.82, 2.24) is 9.47 Å². The molecule has 0 aliphatic heterocycles. The van der Waals surface area contributed by atoms with Gasteiger partial charge in [0.15, 0.2) is 0 Å². The van der Waals surface area contributed by atoms with Gasteiger partial charge in [0.2, 0.25) is 0 Å². The lowest BCUT2D eigenvalue weighted by Gasteiger charge is -2.32. The van der Waals surface area contributed by atoms with Crippen LogP contribution in [0.25, 0.3) is 10.9 Å². The summed E-state index contributed by atoms with van der Waals surface area (Å²) < 4.78 is 2.20. The lowest BCUT2D eigenvalue weighted by molar-refractivity contribution is 0.199. The van der Waals surface area contributed by atoms with Gasteiger partial charge in [0.1, 0.15) is 0 Å². The van der Waals surface area contributed by atoms with Crippen molar-refractivity contribution in [1.29, 1.82) is 0 Å². The Bertz CT molecular complexity index is 506. The van der Waals surface area contributed by atoms with Crippen molar-refractivity contribution >= 4 is 10.9 Å². The molecular formula is C14H20N2. The second-order valence-corrected chi connectivity index (χ2v) is 5.12. The molecule has 16 heavy (non-hydrogen) atoms. The molecule has 0 N–H and O–H groups in total. The highest BCUT2D eigenvalue weighted by molar-refractivity contribution is 5.84. The van der Waals surface area contributed by atoms with Crippen molar-refractivity contribution in [2.75, 3.05) is 14.1 Å². The van der Waals surface area contributed by atoms with E-state index in [2.05, 4.69) is 74.9 Å². The molecule has 0 radical (unpaired) electrons. The predicted octanol–water partition coefficient (Wildman–Crippen LogP) is 2.98. The summed E-state index contributed by atoms with van der Waals surface area (Å²) in [6.45, 7) is 4.52. The molecule has 1 aromatic heterocycles. The molecule has 0 amide bonds. The van der Waals surface area contributed by atoms with E-state index in [1.807, 2.05) is 0 Å². The van der Waals surface area contributed by atoms with Crippen LogP contribution in [0.1, 0.15) is 19.4 Å². The monoisotopic (exact) mass is 216 g/mol. The molecule has 2 heteroatoms. The standard InChI is InChI=1S/C14H20N2/c1-14(2,15(3)4)12-10-16(5)13-9-7-6-8-11(12)13/h6-10H,1-5H3. The molecule has 0 aliphatic carbocycles. The van der Waals surface area contributed by atoms with Gasteiger partial charge in [-0.3, -0.25) is 0 Å². The van der Waals surface area contributed by atoms with Crippen LogP contribution in [0.15, 0.2) is 30.5 Å². The first-order valence-corrected chi connectivity index (χ1v) is 5.66. The molecule has 2 nitrogen and oxygen atoms in total. The van der Waals surface area contributed by atoms with Crippen LogP contribution in [0.5, 0.6) is 0 Å². The van der Waals surface area contributed by atoms with Crippen molar-refractivity contribution in [2.24, 2.45) is 7.05 Å². The summed E-state index contributed by atoms with van der Waals surface area (Å²) >= 11 is 0. The van der Waals surface area contributed by atoms with Gasteiger partial charge in [0, 0.05) is 29.7 Å². The summed E-state index contributed by atoms with van der Waals surface area (Å²) in [6.07, 6.45) is 2.24. The topological polar surface area (TPSA) is 8.17 Å². The number of aryl methyl sites for hydroxylation is 1. The van der Waals surface area contributed by atoms with Gasteiger partial charge in [-0.25, -0.2) is 0 Å². The van der Waals surface area contributed by atoms with Crippen LogP contribution in [0.4, 0.5) is 0 Å². The highest BCUT2D eigenvalue weighted by atomic mass is 15.1. The first-order valence-electron chi connectivity index (χ1n) is 5.66. The molecule has 2 rings (SSSR count). The van der Waals surface area contributed by atoms with E-state index >= 15 is 0 Å². The summed E-state index contributed by atoms with van der Waals surface area (Å²) in [6, 6.07) is 8.58. The first kappa shape index (κ1) is 11.2. The fourth-order valence-corrected chi connectivity index (χ4v) is 2.07. The average molecular weight is 216 g/mol. The molecule has 0 spiro atoms. The summed E-state index contributed by atoms with van der Waals surface area (Å²) in [5, 5.41) is 1.35. The maximum atomic E-state index is 2.26. The Morgan fingerprint density at radius 3 is 2.38 bits per heavy atom. The Morgan fingerprint density at radius 1 is 1.12 bits per heavy atom. The zero-order valence-corrected chi connectivity index (χ0v) is 10.8. The first-order chi connectivity index (χ1) is 7.44. The largest absolute Gasteiger partial charge is 0.350 e. The Kier molecular flexibility index (Phi) is 2.55. The van der Waals surface area contributed by atoms with Gasteiger partial charge in [-0.05, 0) is 39.6 Å². The van der Waals surface area contributed by atoms with Gasteiger partial charge in [0.25, 0.3) is 0 Å². The van der Waals surface area contributed by atoms with E-state index in [1.54, 1.807) is 0 Å². The molecule has 0 saturated carbocycles. The van der Waals surface area contributed by atoms with E-state index < -0.39 is 0 Å². The number of fused-ring (bicyclic) bond motifs is 1. The van der Waals surface area contributed by atoms with Crippen molar-refractivity contribution in [3.8, 4) is 0 Å². The average Bonchev–Trinajstić information content (AvgIpc) is 2.57. The van der Waals surface area contributed by atoms with Crippen LogP contribution in [-0.2, 0) is 12.6 Å². The summed E-state index contributed by atoms with van der Waals surface area (Å²) in [5.41, 5.74) is 2.74. The molecule has 0 fully saturated rings. The summed E-state index contributed by atoms with van der Waals surface area (Å²) in [4.78, 5) is 2.26. The van der Waals surface area contributed by atoms with Crippen molar-refractivity contribution in [2.45, 2.75) is 19.4 Å². The van der Waals surface area contributed by atoms with Crippen molar-refractivity contribution < 1.29 is 0 Å². The summed E-state index contributed by atoms with van der Waals surface area (Å²) in [5.74, 6) is 0. The number of hydrogen-bond donors (Lipinski definition) is 0. The SMILES string of the molecule is CN(C)C(C)(C)c1cn(C)c2ccccc12. The van der Waals surface area contributed by atoms with Crippen LogP contribution in [0, 0.1) is 0 Å². The number of hydrogen-bond acceptors (Lipinski definition) is 1. The van der Waals surface area contributed by atoms with E-state index in [0.29, 0.717) is 0 Å². The highest BCUT2D eigenvalue weighted by Gasteiger charge is 2.26. The Hall–Kier alpha value is -1.28. The molecule has 2 aromatic rings. The Morgan fingerprint density at radius 2 is 1.75 bits per heavy atom. The Balaban J connectivity index is 2.71. The molecule has 86 valence electrons. The fraction of sp³-hybridized carbons (Fsp3) is 0.429. The van der Waals surface area contributed by atoms with E-state index in [-0.39, 0.29) is 5.54 Å². The zero-order valence-electron chi connectivity index (χ0n) is 10.8. The van der Waals surface area contributed by atoms with Crippen molar-refractivity contribution in [3.05, 3.63) is 36.0 Å². The van der Waals surface area contributed by atoms with Gasteiger partial charge in [0.05, 0.1) is 0 Å². The molecule has 0 aliphatic rings. The molecule has 1 aromatic carbocycles. The van der Waals surface area contributed by atoms with E-state index in [4.69, 9.17) is 0 Å². The third-order valence-electron chi connectivity index (χ3n) is 3.67. The number of benzene rings is 1. The predicted molar refractivity (Wildman–Crippen MR) is 69.6 cm³/mol. The van der Waals surface area contributed by atoms with Gasteiger partial charge in [-0.2, -0.15) is 0 Å². The van der Waals surface area contributed by atoms with Crippen LogP contribution in [0.2, 0.25) is 0 Å². The number of aromatic nitrogens is 1. The van der Waals surface area contributed by atoms with Crippen LogP contribution >= 0.6 is 0 Å². The van der Waals surface area contributed by atoms with Gasteiger partial charge >= 0.3 is 0 Å². The normalized spacial score (nSPS) is 12.6.